The van der Waals surface area contributed by atoms with Gasteiger partial charge < -0.3 is 15.0 Å². The van der Waals surface area contributed by atoms with Gasteiger partial charge in [-0.25, -0.2) is 0 Å². The number of fused-ring (bicyclic) bond motifs is 1. The van der Waals surface area contributed by atoms with Gasteiger partial charge >= 0.3 is 37.9 Å². The molecule has 0 unspecified atom stereocenters. The number of hydrogen-bond donors (Lipinski definition) is 0. The number of halogens is 2. The normalized spacial score (nSPS) is 9.29. The molecule has 2 radical (unpaired) electrons. The van der Waals surface area contributed by atoms with Crippen LogP contribution >= 0.6 is 17.0 Å². The Labute approximate surface area is 168 Å². The van der Waals surface area contributed by atoms with Crippen molar-refractivity contribution < 1.29 is 30.1 Å². The van der Waals surface area contributed by atoms with Crippen molar-refractivity contribution in [1.29, 1.82) is 0 Å². The van der Waals surface area contributed by atoms with Crippen molar-refractivity contribution in [2.24, 2.45) is 0 Å². The van der Waals surface area contributed by atoms with Crippen molar-refractivity contribution in [3.05, 3.63) is 48.2 Å². The van der Waals surface area contributed by atoms with Gasteiger partial charge in [-0.05, 0) is 19.6 Å². The molecule has 0 atom stereocenters. The predicted molar refractivity (Wildman–Crippen MR) is 107 cm³/mol. The summed E-state index contributed by atoms with van der Waals surface area (Å²) in [6.07, 6.45) is 0. The van der Waals surface area contributed by atoms with E-state index >= 15 is 0 Å². The van der Waals surface area contributed by atoms with E-state index in [1.165, 1.54) is 10.8 Å². The molecule has 2 rings (SSSR count). The number of carbonyl (C=O) groups excluding carboxylic acids is 1. The third-order valence-electron chi connectivity index (χ3n) is 2.18. The van der Waals surface area contributed by atoms with E-state index in [0.29, 0.717) is 0 Å². The summed E-state index contributed by atoms with van der Waals surface area (Å²) < 4.78 is 5.09. The fraction of sp³-hybridized carbons (Fsp3) is 0.375. The van der Waals surface area contributed by atoms with Crippen LogP contribution in [0.4, 0.5) is 0 Å². The van der Waals surface area contributed by atoms with Crippen LogP contribution in [0.15, 0.2) is 42.5 Å². The summed E-state index contributed by atoms with van der Waals surface area (Å²) in [5.74, 6) is -0.641. The van der Waals surface area contributed by atoms with Crippen molar-refractivity contribution in [2.75, 3.05) is 6.61 Å². The molecule has 3 nitrogen and oxygen atoms in total. The fourth-order valence-electron chi connectivity index (χ4n) is 1.35. The zero-order valence-electron chi connectivity index (χ0n) is 14.8. The first-order valence-corrected chi connectivity index (χ1v) is 19.0. The van der Waals surface area contributed by atoms with Gasteiger partial charge in [0.15, 0.2) is 8.32 Å². The third-order valence-corrected chi connectivity index (χ3v) is 3.19. The van der Waals surface area contributed by atoms with Crippen LogP contribution in [0.3, 0.4) is 0 Å². The molecule has 0 bridgehead atoms. The molecular formula is C16H25Cl2NO2Si2Zr. The standard InChI is InChI=1S/C9H7.C5H13NO2Si.C2H6Si.2ClH.Zr/c1-2-5-9-7-3-6-8(9)4-1;1-9(2,3)8-4-5(6)7;1-3-2;;;/h1-7H;4H2,1-3H3,(H2,6,7);1-2H3;2*1H;/q-1;;;;;+4/p-3. The largest absolute Gasteiger partial charge is 0.168 e. The minimum absolute atomic E-state index is 0.0459. The van der Waals surface area contributed by atoms with E-state index in [9.17, 15) is 4.79 Å². The van der Waals surface area contributed by atoms with Crippen LogP contribution in [0.1, 0.15) is 0 Å². The maximum absolute atomic E-state index is 10.1. The second-order valence-electron chi connectivity index (χ2n) is 5.55. The van der Waals surface area contributed by atoms with Crippen molar-refractivity contribution in [3.63, 3.8) is 0 Å². The summed E-state index contributed by atoms with van der Waals surface area (Å²) >= 11 is -0.826. The average molecular weight is 482 g/mol. The number of nitrogens with one attached hydrogen (secondary N) is 1. The van der Waals surface area contributed by atoms with E-state index in [1.54, 1.807) is 0 Å². The zero-order valence-corrected chi connectivity index (χ0v) is 20.8. The first-order valence-electron chi connectivity index (χ1n) is 7.25. The van der Waals surface area contributed by atoms with Crippen molar-refractivity contribution in [3.8, 4) is 0 Å². The van der Waals surface area contributed by atoms with Gasteiger partial charge in [0.2, 0.25) is 0 Å². The Morgan fingerprint density at radius 1 is 1.25 bits per heavy atom. The molecule has 24 heavy (non-hydrogen) atoms. The van der Waals surface area contributed by atoms with Crippen LogP contribution in [0.2, 0.25) is 32.7 Å². The van der Waals surface area contributed by atoms with Gasteiger partial charge in [0.25, 0.3) is 0 Å². The number of rotatable bonds is 3. The molecule has 2 aromatic rings. The number of hydrogen-bond acceptors (Lipinski definition) is 2. The molecule has 0 aliphatic heterocycles. The molecule has 0 fully saturated rings. The van der Waals surface area contributed by atoms with E-state index in [0.717, 1.165) is 9.52 Å². The van der Waals surface area contributed by atoms with E-state index in [2.05, 4.69) is 55.6 Å². The summed E-state index contributed by atoms with van der Waals surface area (Å²) in [7, 11) is 9.39. The van der Waals surface area contributed by atoms with Gasteiger partial charge in [-0.15, -0.1) is 29.7 Å². The summed E-state index contributed by atoms with van der Waals surface area (Å²) in [4.78, 5) is 10.1. The van der Waals surface area contributed by atoms with E-state index < -0.39 is 35.1 Å². The number of amides is 1. The molecule has 0 saturated carbocycles. The van der Waals surface area contributed by atoms with Gasteiger partial charge in [0.1, 0.15) is 0 Å². The van der Waals surface area contributed by atoms with Crippen LogP contribution in [0, 0.1) is 0 Å². The van der Waals surface area contributed by atoms with Crippen molar-refractivity contribution >= 4 is 51.5 Å². The smallest absolute Gasteiger partial charge is 0.0809 e. The maximum atomic E-state index is 10.1. The molecule has 0 aliphatic rings. The minimum atomic E-state index is -1.56. The average Bonchev–Trinajstić information content (AvgIpc) is 2.95. The molecule has 0 saturated heterocycles. The van der Waals surface area contributed by atoms with Crippen molar-refractivity contribution in [2.45, 2.75) is 32.7 Å². The summed E-state index contributed by atoms with van der Waals surface area (Å²) in [6.45, 7) is 10.2. The molecule has 1 N–H and O–H groups in total. The Morgan fingerprint density at radius 2 is 1.75 bits per heavy atom. The number of carbonyl (C=O) groups is 1. The van der Waals surface area contributed by atoms with E-state index in [4.69, 9.17) is 27.2 Å². The summed E-state index contributed by atoms with van der Waals surface area (Å²) in [5.41, 5.74) is 6.52. The van der Waals surface area contributed by atoms with Crippen LogP contribution < -0.4 is 0 Å². The molecule has 0 heterocycles. The van der Waals surface area contributed by atoms with Crippen molar-refractivity contribution in [1.82, 2.24) is 0 Å². The molecule has 8 heteroatoms. The van der Waals surface area contributed by atoms with E-state index in [-0.39, 0.29) is 6.61 Å². The van der Waals surface area contributed by atoms with Crippen LogP contribution in [-0.2, 0) is 30.1 Å². The third kappa shape index (κ3) is 18.5. The molecule has 0 spiro atoms. The topological polar surface area (TPSA) is 50.1 Å². The van der Waals surface area contributed by atoms with Gasteiger partial charge in [0.05, 0.1) is 12.5 Å². The molecule has 132 valence electrons. The van der Waals surface area contributed by atoms with Crippen LogP contribution in [0.25, 0.3) is 16.5 Å². The molecule has 0 aliphatic carbocycles. The second kappa shape index (κ2) is 16.6. The fourth-order valence-corrected chi connectivity index (χ4v) is 1.92. The van der Waals surface area contributed by atoms with E-state index in [1.807, 2.05) is 19.6 Å². The Balaban J connectivity index is 0. The first kappa shape index (κ1) is 26.4. The van der Waals surface area contributed by atoms with Crippen LogP contribution in [0.5, 0.6) is 0 Å². The van der Waals surface area contributed by atoms with Gasteiger partial charge in [-0.2, -0.15) is 17.5 Å². The number of benzene rings is 1. The Morgan fingerprint density at radius 3 is 2.12 bits per heavy atom. The second-order valence-corrected chi connectivity index (χ2v) is 14.8. The zero-order chi connectivity index (χ0) is 19.0. The van der Waals surface area contributed by atoms with Crippen LogP contribution in [-0.4, -0.2) is 30.4 Å². The minimum Gasteiger partial charge on any atom is -0.168 e. The molecule has 2 aromatic carbocycles. The summed E-state index contributed by atoms with van der Waals surface area (Å²) in [5, 5.41) is 2.66. The Kier molecular flexibility index (Phi) is 18.3. The maximum Gasteiger partial charge on any atom is -0.0809 e. The van der Waals surface area contributed by atoms with Gasteiger partial charge in [0, 0.05) is 9.52 Å². The molecule has 1 amide bonds. The Bertz CT molecular complexity index is 516. The SMILES string of the molecule is C[Si](C)(C)OCC([NH-])=O.C[Si]C.[Cl][Zr+2][Cl].c1ccc2[cH-]ccc2c1. The molecular weight excluding hydrogens is 456 g/mol. The molecule has 0 aromatic heterocycles. The Hall–Kier alpha value is 0.157. The van der Waals surface area contributed by atoms with Gasteiger partial charge in [-0.3, -0.25) is 0 Å². The monoisotopic (exact) mass is 479 g/mol. The first-order chi connectivity index (χ1) is 11.2. The van der Waals surface area contributed by atoms with Gasteiger partial charge in [-0.1, -0.05) is 19.2 Å². The summed E-state index contributed by atoms with van der Waals surface area (Å²) in [6, 6.07) is 14.7. The predicted octanol–water partition coefficient (Wildman–Crippen LogP) is 6.14. The quantitative estimate of drug-likeness (QED) is 0.391.